The summed E-state index contributed by atoms with van der Waals surface area (Å²) in [7, 11) is 1.84. The Morgan fingerprint density at radius 2 is 1.89 bits per heavy atom. The molecule has 2 N–H and O–H groups in total. The number of ether oxygens (including phenoxy) is 2. The van der Waals surface area contributed by atoms with Crippen molar-refractivity contribution in [3.8, 4) is 0 Å². The number of aliphatic imine (C=N–C) groups is 1. The number of hydrogen-bond donors (Lipinski definition) is 2. The maximum absolute atomic E-state index is 5.82. The zero-order valence-corrected chi connectivity index (χ0v) is 19.9. The molecule has 1 atom stereocenters. The fourth-order valence-corrected chi connectivity index (χ4v) is 3.83. The first-order valence-electron chi connectivity index (χ1n) is 10.5. The van der Waals surface area contributed by atoms with E-state index in [1.807, 2.05) is 7.05 Å². The molecule has 0 spiro atoms. The van der Waals surface area contributed by atoms with Crippen LogP contribution in [0.4, 0.5) is 0 Å². The van der Waals surface area contributed by atoms with Crippen molar-refractivity contribution in [3.63, 3.8) is 0 Å². The normalized spacial score (nSPS) is 20.5. The molecule has 6 nitrogen and oxygen atoms in total. The zero-order valence-electron chi connectivity index (χ0n) is 17.5. The van der Waals surface area contributed by atoms with Crippen molar-refractivity contribution < 1.29 is 9.47 Å². The molecule has 27 heavy (non-hydrogen) atoms. The van der Waals surface area contributed by atoms with Crippen LogP contribution in [0.2, 0.25) is 0 Å². The smallest absolute Gasteiger partial charge is 0.191 e. The average molecular weight is 496 g/mol. The van der Waals surface area contributed by atoms with Crippen LogP contribution < -0.4 is 10.6 Å². The van der Waals surface area contributed by atoms with Gasteiger partial charge in [0.2, 0.25) is 0 Å². The van der Waals surface area contributed by atoms with E-state index in [2.05, 4.69) is 34.4 Å². The van der Waals surface area contributed by atoms with Gasteiger partial charge in [0.1, 0.15) is 0 Å². The highest BCUT2D eigenvalue weighted by atomic mass is 127. The van der Waals surface area contributed by atoms with E-state index in [-0.39, 0.29) is 24.0 Å². The van der Waals surface area contributed by atoms with Crippen LogP contribution in [0.25, 0.3) is 0 Å². The number of likely N-dealkylation sites (tertiary alicyclic amines) is 1. The van der Waals surface area contributed by atoms with Crippen LogP contribution in [0.3, 0.4) is 0 Å². The molecule has 160 valence electrons. The Kier molecular flexibility index (Phi) is 13.7. The Labute approximate surface area is 183 Å². The highest BCUT2D eigenvalue weighted by molar-refractivity contribution is 14.0. The van der Waals surface area contributed by atoms with Gasteiger partial charge in [-0.15, -0.1) is 24.0 Å². The van der Waals surface area contributed by atoms with Crippen LogP contribution in [-0.4, -0.2) is 76.6 Å². The van der Waals surface area contributed by atoms with E-state index in [4.69, 9.17) is 9.47 Å². The monoisotopic (exact) mass is 496 g/mol. The van der Waals surface area contributed by atoms with Crippen molar-refractivity contribution in [1.82, 2.24) is 15.5 Å². The van der Waals surface area contributed by atoms with E-state index in [0.717, 1.165) is 64.7 Å². The van der Waals surface area contributed by atoms with Gasteiger partial charge >= 0.3 is 0 Å². The third-order valence-electron chi connectivity index (χ3n) is 5.53. The summed E-state index contributed by atoms with van der Waals surface area (Å²) in [5, 5.41) is 6.93. The largest absolute Gasteiger partial charge is 0.381 e. The Hall–Kier alpha value is -0.120. The highest BCUT2D eigenvalue weighted by Gasteiger charge is 2.24. The van der Waals surface area contributed by atoms with Gasteiger partial charge in [-0.25, -0.2) is 0 Å². The molecule has 0 aromatic heterocycles. The standard InChI is InChI=1S/C20H40N4O2.HI/c1-17(2)19(24-10-4-5-11-24)15-23-20(21-3)22-9-6-12-26-16-18-7-13-25-14-8-18;/h17-19H,4-16H2,1-3H3,(H2,21,22,23);1H. The molecule has 0 bridgehead atoms. The second kappa shape index (κ2) is 14.8. The number of nitrogens with zero attached hydrogens (tertiary/aromatic N) is 2. The molecule has 0 saturated carbocycles. The molecule has 2 saturated heterocycles. The number of rotatable bonds is 10. The molecular formula is C20H41IN4O2. The van der Waals surface area contributed by atoms with Crippen molar-refractivity contribution in [2.75, 3.05) is 59.7 Å². The molecule has 0 radical (unpaired) electrons. The number of hydrogen-bond acceptors (Lipinski definition) is 4. The van der Waals surface area contributed by atoms with Gasteiger partial charge in [-0.2, -0.15) is 0 Å². The maximum Gasteiger partial charge on any atom is 0.191 e. The highest BCUT2D eigenvalue weighted by Crippen LogP contribution is 2.17. The molecule has 2 heterocycles. The third kappa shape index (κ3) is 9.76. The summed E-state index contributed by atoms with van der Waals surface area (Å²) in [4.78, 5) is 6.98. The van der Waals surface area contributed by atoms with Gasteiger partial charge in [-0.1, -0.05) is 13.8 Å². The number of nitrogens with one attached hydrogen (secondary N) is 2. The summed E-state index contributed by atoms with van der Waals surface area (Å²) in [6.07, 6.45) is 5.96. The van der Waals surface area contributed by atoms with Crippen molar-refractivity contribution in [2.45, 2.75) is 52.0 Å². The van der Waals surface area contributed by atoms with Crippen molar-refractivity contribution >= 4 is 29.9 Å². The maximum atomic E-state index is 5.82. The number of halogens is 1. The lowest BCUT2D eigenvalue weighted by Gasteiger charge is -2.31. The molecule has 0 aliphatic carbocycles. The lowest BCUT2D eigenvalue weighted by Crippen LogP contribution is -2.48. The van der Waals surface area contributed by atoms with Crippen LogP contribution in [0, 0.1) is 11.8 Å². The lowest BCUT2D eigenvalue weighted by atomic mass is 10.0. The first kappa shape index (κ1) is 24.9. The van der Waals surface area contributed by atoms with E-state index in [0.29, 0.717) is 17.9 Å². The average Bonchev–Trinajstić information content (AvgIpc) is 3.18. The molecule has 7 heteroatoms. The predicted octanol–water partition coefficient (Wildman–Crippen LogP) is 2.72. The minimum absolute atomic E-state index is 0. The molecule has 2 aliphatic rings. The van der Waals surface area contributed by atoms with E-state index in [1.54, 1.807) is 0 Å². The summed E-state index contributed by atoms with van der Waals surface area (Å²) >= 11 is 0. The van der Waals surface area contributed by atoms with Crippen molar-refractivity contribution in [1.29, 1.82) is 0 Å². The molecule has 0 amide bonds. The van der Waals surface area contributed by atoms with Gasteiger partial charge in [0.25, 0.3) is 0 Å². The van der Waals surface area contributed by atoms with Crippen LogP contribution >= 0.6 is 24.0 Å². The number of guanidine groups is 1. The van der Waals surface area contributed by atoms with Crippen LogP contribution in [0.1, 0.15) is 46.0 Å². The van der Waals surface area contributed by atoms with Gasteiger partial charge in [0, 0.05) is 52.6 Å². The van der Waals surface area contributed by atoms with E-state index in [1.165, 1.54) is 25.9 Å². The SMILES string of the molecule is CN=C(NCCCOCC1CCOCC1)NCC(C(C)C)N1CCCC1.I. The molecule has 0 aromatic rings. The molecule has 0 aromatic carbocycles. The molecular weight excluding hydrogens is 455 g/mol. The minimum Gasteiger partial charge on any atom is -0.381 e. The molecule has 1 unspecified atom stereocenters. The molecule has 2 rings (SSSR count). The Balaban J connectivity index is 0.00000364. The summed E-state index contributed by atoms with van der Waals surface area (Å²) in [5.74, 6) is 2.24. The van der Waals surface area contributed by atoms with Gasteiger partial charge in [0.05, 0.1) is 0 Å². The fraction of sp³-hybridized carbons (Fsp3) is 0.950. The summed E-state index contributed by atoms with van der Waals surface area (Å²) in [5.41, 5.74) is 0. The van der Waals surface area contributed by atoms with E-state index in [9.17, 15) is 0 Å². The van der Waals surface area contributed by atoms with Gasteiger partial charge in [-0.05, 0) is 57.0 Å². The topological polar surface area (TPSA) is 58.1 Å². The Morgan fingerprint density at radius 3 is 2.52 bits per heavy atom. The Bertz CT molecular complexity index is 397. The minimum atomic E-state index is 0. The van der Waals surface area contributed by atoms with E-state index < -0.39 is 0 Å². The first-order valence-corrected chi connectivity index (χ1v) is 10.5. The van der Waals surface area contributed by atoms with E-state index >= 15 is 0 Å². The quantitative estimate of drug-likeness (QED) is 0.211. The van der Waals surface area contributed by atoms with Gasteiger partial charge in [-0.3, -0.25) is 9.89 Å². The van der Waals surface area contributed by atoms with Gasteiger partial charge in [0.15, 0.2) is 5.96 Å². The summed E-state index contributed by atoms with van der Waals surface area (Å²) in [6.45, 7) is 12.4. The van der Waals surface area contributed by atoms with Crippen LogP contribution in [-0.2, 0) is 9.47 Å². The summed E-state index contributed by atoms with van der Waals surface area (Å²) in [6, 6.07) is 0.582. The van der Waals surface area contributed by atoms with Gasteiger partial charge < -0.3 is 20.1 Å². The molecule has 2 fully saturated rings. The van der Waals surface area contributed by atoms with Crippen LogP contribution in [0.15, 0.2) is 4.99 Å². The summed E-state index contributed by atoms with van der Waals surface area (Å²) < 4.78 is 11.2. The zero-order chi connectivity index (χ0) is 18.6. The van der Waals surface area contributed by atoms with Crippen molar-refractivity contribution in [2.24, 2.45) is 16.8 Å². The Morgan fingerprint density at radius 1 is 1.19 bits per heavy atom. The fourth-order valence-electron chi connectivity index (χ4n) is 3.83. The van der Waals surface area contributed by atoms with Crippen molar-refractivity contribution in [3.05, 3.63) is 0 Å². The lowest BCUT2D eigenvalue weighted by molar-refractivity contribution is 0.0203. The van der Waals surface area contributed by atoms with Crippen LogP contribution in [0.5, 0.6) is 0 Å². The second-order valence-corrected chi connectivity index (χ2v) is 7.92. The molecule has 2 aliphatic heterocycles. The first-order chi connectivity index (χ1) is 12.7. The third-order valence-corrected chi connectivity index (χ3v) is 5.53. The predicted molar refractivity (Wildman–Crippen MR) is 123 cm³/mol. The second-order valence-electron chi connectivity index (χ2n) is 7.92.